The predicted molar refractivity (Wildman–Crippen MR) is 260 cm³/mol. The second kappa shape index (κ2) is 38.4. The number of hydrogen-bond acceptors (Lipinski definition) is 5. The molecular formula is C54H92O5S. The van der Waals surface area contributed by atoms with Gasteiger partial charge in [0.1, 0.15) is 11.5 Å². The van der Waals surface area contributed by atoms with E-state index in [1.165, 1.54) is 193 Å². The minimum Gasteiger partial charge on any atom is -0.493 e. The van der Waals surface area contributed by atoms with E-state index in [-0.39, 0.29) is 12.4 Å². The van der Waals surface area contributed by atoms with Crippen molar-refractivity contribution in [2.24, 2.45) is 0 Å². The summed E-state index contributed by atoms with van der Waals surface area (Å²) < 4.78 is 38.0. The third kappa shape index (κ3) is 29.1. The van der Waals surface area contributed by atoms with Crippen molar-refractivity contribution in [2.45, 2.75) is 237 Å². The molecule has 0 bridgehead atoms. The Kier molecular flexibility index (Phi) is 34.4. The van der Waals surface area contributed by atoms with E-state index in [0.29, 0.717) is 24.3 Å². The van der Waals surface area contributed by atoms with Crippen molar-refractivity contribution in [3.8, 4) is 11.5 Å². The summed E-state index contributed by atoms with van der Waals surface area (Å²) in [7, 11) is -3.35. The molecule has 0 aromatic heterocycles. The van der Waals surface area contributed by atoms with E-state index in [2.05, 4.69) is 19.9 Å². The minimum absolute atomic E-state index is 0.0110. The molecule has 6 heteroatoms. The monoisotopic (exact) mass is 853 g/mol. The first kappa shape index (κ1) is 53.8. The summed E-state index contributed by atoms with van der Waals surface area (Å²) in [5.41, 5.74) is 1.92. The van der Waals surface area contributed by atoms with Crippen LogP contribution in [0.1, 0.15) is 243 Å². The molecule has 2 aromatic rings. The average molecular weight is 853 g/mol. The predicted octanol–water partition coefficient (Wildman–Crippen LogP) is 16.7. The van der Waals surface area contributed by atoms with Gasteiger partial charge < -0.3 is 14.6 Å². The third-order valence-corrected chi connectivity index (χ3v) is 13.8. The fourth-order valence-electron chi connectivity index (χ4n) is 8.03. The summed E-state index contributed by atoms with van der Waals surface area (Å²) in [5.74, 6) is 1.74. The molecule has 0 amide bonds. The Hall–Kier alpha value is -2.31. The number of aliphatic hydroxyl groups is 1. The van der Waals surface area contributed by atoms with Crippen LogP contribution in [0.3, 0.4) is 0 Å². The van der Waals surface area contributed by atoms with Gasteiger partial charge >= 0.3 is 0 Å². The molecule has 2 rings (SSSR count). The second-order valence-electron chi connectivity index (χ2n) is 17.7. The maximum Gasteiger partial charge on any atom is 0.178 e. The summed E-state index contributed by atoms with van der Waals surface area (Å²) in [6.07, 6.45) is 48.4. The molecule has 0 unspecified atom stereocenters. The average Bonchev–Trinajstić information content (AvgIpc) is 3.25. The highest BCUT2D eigenvalue weighted by molar-refractivity contribution is 7.91. The minimum atomic E-state index is -3.35. The van der Waals surface area contributed by atoms with E-state index in [0.717, 1.165) is 42.1 Å². The standard InChI is InChI=1S/C54H92O5S/c1-3-5-7-9-11-13-15-17-19-21-23-25-27-29-31-34-46-58-52-42-41-51(40-37-50-38-43-53(44-39-50)60(56,57)48-36-33-45-55)54(49-52)59-47-35-32-30-28-26-24-22-20-18-16-14-12-10-8-6-4-2/h37-44,49,55H,3-36,45-48H2,1-2H3. The largest absolute Gasteiger partial charge is 0.493 e. The molecule has 0 fully saturated rings. The van der Waals surface area contributed by atoms with E-state index >= 15 is 0 Å². The van der Waals surface area contributed by atoms with Crippen molar-refractivity contribution < 1.29 is 23.0 Å². The number of aliphatic hydroxyl groups excluding tert-OH is 1. The number of sulfone groups is 1. The Bertz CT molecular complexity index is 1390. The van der Waals surface area contributed by atoms with Crippen molar-refractivity contribution in [1.29, 1.82) is 0 Å². The van der Waals surface area contributed by atoms with Gasteiger partial charge in [-0.05, 0) is 55.5 Å². The molecule has 0 aliphatic carbocycles. The van der Waals surface area contributed by atoms with Crippen LogP contribution in [-0.2, 0) is 9.84 Å². The maximum atomic E-state index is 12.7. The van der Waals surface area contributed by atoms with Gasteiger partial charge in [0.2, 0.25) is 0 Å². The number of ether oxygens (including phenoxy) is 2. The molecule has 0 radical (unpaired) electrons. The van der Waals surface area contributed by atoms with Gasteiger partial charge in [-0.25, -0.2) is 8.42 Å². The van der Waals surface area contributed by atoms with E-state index in [1.807, 2.05) is 36.4 Å². The topological polar surface area (TPSA) is 72.8 Å². The lowest BCUT2D eigenvalue weighted by Crippen LogP contribution is -2.07. The van der Waals surface area contributed by atoms with Gasteiger partial charge in [0, 0.05) is 18.2 Å². The molecule has 1 N–H and O–H groups in total. The van der Waals surface area contributed by atoms with Gasteiger partial charge in [-0.3, -0.25) is 0 Å². The molecule has 5 nitrogen and oxygen atoms in total. The molecular weight excluding hydrogens is 761 g/mol. The number of rotatable bonds is 43. The van der Waals surface area contributed by atoms with Crippen LogP contribution in [0.4, 0.5) is 0 Å². The maximum absolute atomic E-state index is 12.7. The molecule has 2 aromatic carbocycles. The van der Waals surface area contributed by atoms with Crippen molar-refractivity contribution in [3.05, 3.63) is 53.6 Å². The molecule has 0 atom stereocenters. The number of unbranched alkanes of at least 4 members (excludes halogenated alkanes) is 31. The first-order valence-corrected chi connectivity index (χ1v) is 27.2. The Morgan fingerprint density at radius 3 is 1.27 bits per heavy atom. The summed E-state index contributed by atoms with van der Waals surface area (Å²) in [6, 6.07) is 13.2. The normalized spacial score (nSPS) is 11.8. The van der Waals surface area contributed by atoms with E-state index < -0.39 is 9.84 Å². The summed E-state index contributed by atoms with van der Waals surface area (Å²) in [5, 5.41) is 9.03. The molecule has 0 saturated carbocycles. The highest BCUT2D eigenvalue weighted by Crippen LogP contribution is 2.28. The van der Waals surface area contributed by atoms with Crippen LogP contribution in [0.25, 0.3) is 12.2 Å². The molecule has 0 aliphatic heterocycles. The van der Waals surface area contributed by atoms with Crippen LogP contribution in [0.15, 0.2) is 47.4 Å². The molecule has 60 heavy (non-hydrogen) atoms. The van der Waals surface area contributed by atoms with Gasteiger partial charge in [-0.15, -0.1) is 0 Å². The van der Waals surface area contributed by atoms with Gasteiger partial charge in [-0.1, -0.05) is 231 Å². The zero-order valence-corrected chi connectivity index (χ0v) is 39.9. The molecule has 0 saturated heterocycles. The lowest BCUT2D eigenvalue weighted by atomic mass is 10.0. The van der Waals surface area contributed by atoms with Crippen LogP contribution >= 0.6 is 0 Å². The van der Waals surface area contributed by atoms with Gasteiger partial charge in [0.15, 0.2) is 9.84 Å². The van der Waals surface area contributed by atoms with Crippen molar-refractivity contribution >= 4 is 22.0 Å². The highest BCUT2D eigenvalue weighted by Gasteiger charge is 2.13. The second-order valence-corrected chi connectivity index (χ2v) is 19.8. The Labute approximate surface area is 371 Å². The Morgan fingerprint density at radius 1 is 0.450 bits per heavy atom. The Morgan fingerprint density at radius 2 is 0.850 bits per heavy atom. The quantitative estimate of drug-likeness (QED) is 0.0531. The first-order valence-electron chi connectivity index (χ1n) is 25.5. The molecule has 0 aliphatic rings. The van der Waals surface area contributed by atoms with Gasteiger partial charge in [0.05, 0.1) is 23.9 Å². The molecule has 0 heterocycles. The van der Waals surface area contributed by atoms with Gasteiger partial charge in [-0.2, -0.15) is 0 Å². The SMILES string of the molecule is CCCCCCCCCCCCCCCCCCOc1ccc(C=Cc2ccc(S(=O)(=O)CCCCO)cc2)c(OCCCCCCCCCCCCCCCCCC)c1. The lowest BCUT2D eigenvalue weighted by Gasteiger charge is -2.13. The lowest BCUT2D eigenvalue weighted by molar-refractivity contribution is 0.287. The number of hydrogen-bond donors (Lipinski definition) is 1. The summed E-state index contributed by atoms with van der Waals surface area (Å²) >= 11 is 0. The highest BCUT2D eigenvalue weighted by atomic mass is 32.2. The van der Waals surface area contributed by atoms with Crippen molar-refractivity contribution in [3.63, 3.8) is 0 Å². The van der Waals surface area contributed by atoms with E-state index in [9.17, 15) is 8.42 Å². The summed E-state index contributed by atoms with van der Waals surface area (Å²) in [4.78, 5) is 0.325. The zero-order chi connectivity index (χ0) is 43.0. The van der Waals surface area contributed by atoms with Crippen molar-refractivity contribution in [2.75, 3.05) is 25.6 Å². The zero-order valence-electron chi connectivity index (χ0n) is 39.1. The van der Waals surface area contributed by atoms with Crippen LogP contribution in [0, 0.1) is 0 Å². The molecule has 344 valence electrons. The van der Waals surface area contributed by atoms with Crippen LogP contribution in [0.5, 0.6) is 11.5 Å². The smallest absolute Gasteiger partial charge is 0.178 e. The Balaban J connectivity index is 1.73. The van der Waals surface area contributed by atoms with Crippen LogP contribution in [-0.4, -0.2) is 39.1 Å². The first-order chi connectivity index (χ1) is 29.5. The van der Waals surface area contributed by atoms with Crippen LogP contribution < -0.4 is 9.47 Å². The van der Waals surface area contributed by atoms with E-state index in [1.54, 1.807) is 12.1 Å². The fraction of sp³-hybridized carbons (Fsp3) is 0.741. The number of benzene rings is 2. The molecule has 0 spiro atoms. The third-order valence-electron chi connectivity index (χ3n) is 12.0. The van der Waals surface area contributed by atoms with Crippen LogP contribution in [0.2, 0.25) is 0 Å². The summed E-state index contributed by atoms with van der Waals surface area (Å²) in [6.45, 7) is 6.00. The van der Waals surface area contributed by atoms with E-state index in [4.69, 9.17) is 14.6 Å². The van der Waals surface area contributed by atoms with Crippen molar-refractivity contribution in [1.82, 2.24) is 0 Å². The fourth-order valence-corrected chi connectivity index (χ4v) is 9.40. The van der Waals surface area contributed by atoms with Gasteiger partial charge in [0.25, 0.3) is 0 Å².